The van der Waals surface area contributed by atoms with Gasteiger partial charge in [-0.1, -0.05) is 18.2 Å². The van der Waals surface area contributed by atoms with Crippen LogP contribution in [0.2, 0.25) is 0 Å². The summed E-state index contributed by atoms with van der Waals surface area (Å²) in [6.45, 7) is -0.136. The molecule has 0 aliphatic heterocycles. The van der Waals surface area contributed by atoms with Gasteiger partial charge in [0.05, 0.1) is 12.2 Å². The van der Waals surface area contributed by atoms with Crippen LogP contribution in [-0.2, 0) is 0 Å². The van der Waals surface area contributed by atoms with Gasteiger partial charge in [-0.15, -0.1) is 0 Å². The Balaban J connectivity index is 2.18. The number of hydrogen-bond donors (Lipinski definition) is 1. The Morgan fingerprint density at radius 2 is 1.90 bits per heavy atom. The largest absolute Gasteiger partial charge is 0.478 e. The first-order valence-corrected chi connectivity index (χ1v) is 6.19. The van der Waals surface area contributed by atoms with Gasteiger partial charge in [-0.3, -0.25) is 0 Å². The molecule has 1 aromatic heterocycles. The Bertz CT molecular complexity index is 655. The first-order valence-electron chi connectivity index (χ1n) is 6.19. The lowest BCUT2D eigenvalue weighted by Gasteiger charge is -2.10. The Kier molecular flexibility index (Phi) is 4.30. The van der Waals surface area contributed by atoms with Crippen LogP contribution in [0.1, 0.15) is 23.2 Å². The number of rotatable bonds is 5. The molecule has 0 bridgehead atoms. The predicted molar refractivity (Wildman–Crippen MR) is 69.5 cm³/mol. The highest BCUT2D eigenvalue weighted by Gasteiger charge is 2.26. The molecule has 1 heterocycles. The fraction of sp³-hybridized carbons (Fsp3) is 0.286. The lowest BCUT2D eigenvalue weighted by atomic mass is 10.1. The van der Waals surface area contributed by atoms with E-state index in [1.165, 1.54) is 0 Å². The number of benzene rings is 1. The molecule has 0 unspecified atom stereocenters. The van der Waals surface area contributed by atoms with Gasteiger partial charge in [0, 0.05) is 23.4 Å². The van der Waals surface area contributed by atoms with Gasteiger partial charge in [0.25, 0.3) is 0 Å². The zero-order valence-corrected chi connectivity index (χ0v) is 10.9. The summed E-state index contributed by atoms with van der Waals surface area (Å²) in [5.74, 6) is -0.986. The number of nitrogens with zero attached hydrogens (tertiary/aromatic N) is 1. The van der Waals surface area contributed by atoms with Crippen LogP contribution in [0.15, 0.2) is 30.5 Å². The first-order chi connectivity index (χ1) is 9.88. The zero-order valence-electron chi connectivity index (χ0n) is 10.9. The highest BCUT2D eigenvalue weighted by molar-refractivity contribution is 6.04. The molecule has 7 heteroatoms. The Labute approximate surface area is 118 Å². The molecule has 0 aliphatic carbocycles. The molecular weight excluding hydrogens is 287 g/mol. The molecule has 0 amide bonds. The van der Waals surface area contributed by atoms with Crippen LogP contribution in [0.3, 0.4) is 0 Å². The summed E-state index contributed by atoms with van der Waals surface area (Å²) < 4.78 is 41.4. The number of aromatic nitrogens is 1. The van der Waals surface area contributed by atoms with Gasteiger partial charge in [0.15, 0.2) is 0 Å². The Hall–Kier alpha value is -2.31. The molecule has 0 saturated carbocycles. The van der Waals surface area contributed by atoms with Crippen molar-refractivity contribution in [3.63, 3.8) is 0 Å². The summed E-state index contributed by atoms with van der Waals surface area (Å²) in [5.41, 5.74) is 0.0215. The number of aromatic carboxylic acids is 1. The third kappa shape index (κ3) is 3.84. The van der Waals surface area contributed by atoms with Crippen molar-refractivity contribution in [2.24, 2.45) is 0 Å². The highest BCUT2D eigenvalue weighted by atomic mass is 19.4. The maximum absolute atomic E-state index is 12.0. The monoisotopic (exact) mass is 299 g/mol. The van der Waals surface area contributed by atoms with Crippen LogP contribution in [-0.4, -0.2) is 28.8 Å². The lowest BCUT2D eigenvalue weighted by Crippen LogP contribution is -2.10. The van der Waals surface area contributed by atoms with Crippen molar-refractivity contribution in [3.05, 3.63) is 36.0 Å². The standard InChI is InChI=1S/C14H12F3NO3/c15-14(16,17)6-3-7-21-12-10-5-2-1-4-9(10)11(8-18-12)13(19)20/h1-2,4-5,8H,3,6-7H2,(H,19,20). The van der Waals surface area contributed by atoms with E-state index in [4.69, 9.17) is 9.84 Å². The minimum atomic E-state index is -4.22. The summed E-state index contributed by atoms with van der Waals surface area (Å²) in [6.07, 6.45) is -4.19. The average Bonchev–Trinajstić information content (AvgIpc) is 2.42. The maximum atomic E-state index is 12.0. The minimum Gasteiger partial charge on any atom is -0.478 e. The smallest absolute Gasteiger partial charge is 0.389 e. The van der Waals surface area contributed by atoms with Crippen molar-refractivity contribution in [2.45, 2.75) is 19.0 Å². The number of hydrogen-bond acceptors (Lipinski definition) is 3. The summed E-state index contributed by atoms with van der Waals surface area (Å²) in [7, 11) is 0. The van der Waals surface area contributed by atoms with Gasteiger partial charge < -0.3 is 9.84 Å². The van der Waals surface area contributed by atoms with Crippen LogP contribution >= 0.6 is 0 Å². The second-order valence-electron chi connectivity index (χ2n) is 4.39. The Morgan fingerprint density at radius 3 is 2.52 bits per heavy atom. The summed E-state index contributed by atoms with van der Waals surface area (Å²) >= 11 is 0. The van der Waals surface area contributed by atoms with E-state index in [0.717, 1.165) is 6.20 Å². The van der Waals surface area contributed by atoms with E-state index in [9.17, 15) is 18.0 Å². The molecule has 21 heavy (non-hydrogen) atoms. The van der Waals surface area contributed by atoms with Crippen LogP contribution in [0, 0.1) is 0 Å². The minimum absolute atomic E-state index is 0.0215. The van der Waals surface area contributed by atoms with Crippen molar-refractivity contribution in [3.8, 4) is 5.88 Å². The van der Waals surface area contributed by atoms with Crippen molar-refractivity contribution in [1.82, 2.24) is 4.98 Å². The fourth-order valence-corrected chi connectivity index (χ4v) is 1.89. The summed E-state index contributed by atoms with van der Waals surface area (Å²) in [6, 6.07) is 6.57. The number of ether oxygens (including phenoxy) is 1. The number of alkyl halides is 3. The number of carbonyl (C=O) groups is 1. The predicted octanol–water partition coefficient (Wildman–Crippen LogP) is 3.65. The van der Waals surface area contributed by atoms with E-state index < -0.39 is 18.6 Å². The molecule has 2 aromatic rings. The second kappa shape index (κ2) is 5.99. The van der Waals surface area contributed by atoms with E-state index in [2.05, 4.69) is 4.98 Å². The zero-order chi connectivity index (χ0) is 15.5. The van der Waals surface area contributed by atoms with E-state index >= 15 is 0 Å². The Morgan fingerprint density at radius 1 is 1.24 bits per heavy atom. The van der Waals surface area contributed by atoms with Crippen molar-refractivity contribution >= 4 is 16.7 Å². The van der Waals surface area contributed by atoms with Crippen LogP contribution < -0.4 is 4.74 Å². The van der Waals surface area contributed by atoms with Crippen molar-refractivity contribution in [1.29, 1.82) is 0 Å². The van der Waals surface area contributed by atoms with Crippen LogP contribution in [0.5, 0.6) is 5.88 Å². The molecule has 0 aliphatic rings. The van der Waals surface area contributed by atoms with Gasteiger partial charge in [-0.05, 0) is 12.5 Å². The third-order valence-corrected chi connectivity index (χ3v) is 2.83. The van der Waals surface area contributed by atoms with Gasteiger partial charge in [-0.2, -0.15) is 13.2 Å². The normalized spacial score (nSPS) is 11.6. The highest BCUT2D eigenvalue weighted by Crippen LogP contribution is 2.27. The number of carboxylic acid groups (broad SMARTS) is 1. The molecule has 112 valence electrons. The van der Waals surface area contributed by atoms with E-state index in [-0.39, 0.29) is 24.5 Å². The molecule has 0 spiro atoms. The van der Waals surface area contributed by atoms with Gasteiger partial charge in [0.2, 0.25) is 5.88 Å². The van der Waals surface area contributed by atoms with Crippen molar-refractivity contribution in [2.75, 3.05) is 6.61 Å². The van der Waals surface area contributed by atoms with Crippen LogP contribution in [0.25, 0.3) is 10.8 Å². The topological polar surface area (TPSA) is 59.4 Å². The lowest BCUT2D eigenvalue weighted by molar-refractivity contribution is -0.136. The molecule has 0 fully saturated rings. The molecule has 1 N–H and O–H groups in total. The molecule has 1 aromatic carbocycles. The van der Waals surface area contributed by atoms with Crippen LogP contribution in [0.4, 0.5) is 13.2 Å². The second-order valence-corrected chi connectivity index (χ2v) is 4.39. The molecular formula is C14H12F3NO3. The molecule has 0 radical (unpaired) electrons. The number of pyridine rings is 1. The number of fused-ring (bicyclic) bond motifs is 1. The maximum Gasteiger partial charge on any atom is 0.389 e. The number of carboxylic acids is 1. The van der Waals surface area contributed by atoms with E-state index in [0.29, 0.717) is 10.8 Å². The fourth-order valence-electron chi connectivity index (χ4n) is 1.89. The van der Waals surface area contributed by atoms with Crippen molar-refractivity contribution < 1.29 is 27.8 Å². The average molecular weight is 299 g/mol. The van der Waals surface area contributed by atoms with Gasteiger partial charge in [-0.25, -0.2) is 9.78 Å². The molecule has 2 rings (SSSR count). The van der Waals surface area contributed by atoms with Gasteiger partial charge >= 0.3 is 12.1 Å². The van der Waals surface area contributed by atoms with E-state index in [1.54, 1.807) is 24.3 Å². The quantitative estimate of drug-likeness (QED) is 0.856. The third-order valence-electron chi connectivity index (χ3n) is 2.83. The first kappa shape index (κ1) is 15.1. The summed E-state index contributed by atoms with van der Waals surface area (Å²) in [5, 5.41) is 9.97. The SMILES string of the molecule is O=C(O)c1cnc(OCCCC(F)(F)F)c2ccccc12. The molecule has 0 atom stereocenters. The molecule has 0 saturated heterocycles. The molecule has 4 nitrogen and oxygen atoms in total. The summed E-state index contributed by atoms with van der Waals surface area (Å²) in [4.78, 5) is 15.0. The van der Waals surface area contributed by atoms with Gasteiger partial charge in [0.1, 0.15) is 0 Å². The number of halogens is 3. The van der Waals surface area contributed by atoms with E-state index in [1.807, 2.05) is 0 Å².